The van der Waals surface area contributed by atoms with E-state index in [-0.39, 0.29) is 24.2 Å². The van der Waals surface area contributed by atoms with Gasteiger partial charge in [-0.05, 0) is 24.0 Å². The SMILES string of the molecule is Cl.NCc1ccc(-c2noc(C3CCCN(C(=O)Cc4ccccc4)C3)n2)cc1. The molecular formula is C22H25ClN4O2. The molecule has 29 heavy (non-hydrogen) atoms. The molecule has 1 atom stereocenters. The van der Waals surface area contributed by atoms with E-state index >= 15 is 0 Å². The highest BCUT2D eigenvalue weighted by Gasteiger charge is 2.28. The van der Waals surface area contributed by atoms with E-state index in [4.69, 9.17) is 10.3 Å². The van der Waals surface area contributed by atoms with Crippen LogP contribution in [0.25, 0.3) is 11.4 Å². The number of nitrogens with zero attached hydrogens (tertiary/aromatic N) is 3. The number of likely N-dealkylation sites (tertiary alicyclic amines) is 1. The van der Waals surface area contributed by atoms with Gasteiger partial charge in [-0.3, -0.25) is 4.79 Å². The summed E-state index contributed by atoms with van der Waals surface area (Å²) in [7, 11) is 0. The van der Waals surface area contributed by atoms with Crippen LogP contribution < -0.4 is 5.73 Å². The molecule has 2 N–H and O–H groups in total. The van der Waals surface area contributed by atoms with Crippen molar-refractivity contribution in [3.63, 3.8) is 0 Å². The summed E-state index contributed by atoms with van der Waals surface area (Å²) in [6.45, 7) is 1.91. The van der Waals surface area contributed by atoms with Crippen LogP contribution in [0.1, 0.15) is 35.8 Å². The summed E-state index contributed by atoms with van der Waals surface area (Å²) < 4.78 is 5.54. The van der Waals surface area contributed by atoms with Crippen molar-refractivity contribution in [2.45, 2.75) is 31.7 Å². The summed E-state index contributed by atoms with van der Waals surface area (Å²) in [5, 5.41) is 4.13. The predicted molar refractivity (Wildman–Crippen MR) is 114 cm³/mol. The summed E-state index contributed by atoms with van der Waals surface area (Å²) in [4.78, 5) is 19.2. The number of amides is 1. The van der Waals surface area contributed by atoms with Crippen molar-refractivity contribution >= 4 is 18.3 Å². The van der Waals surface area contributed by atoms with Crippen molar-refractivity contribution in [3.05, 3.63) is 71.6 Å². The smallest absolute Gasteiger partial charge is 0.231 e. The van der Waals surface area contributed by atoms with Crippen LogP contribution in [0.5, 0.6) is 0 Å². The normalized spacial score (nSPS) is 16.3. The van der Waals surface area contributed by atoms with E-state index in [1.165, 1.54) is 0 Å². The van der Waals surface area contributed by atoms with Gasteiger partial charge in [0.1, 0.15) is 0 Å². The van der Waals surface area contributed by atoms with Crippen molar-refractivity contribution in [3.8, 4) is 11.4 Å². The van der Waals surface area contributed by atoms with Gasteiger partial charge in [0.25, 0.3) is 0 Å². The van der Waals surface area contributed by atoms with Crippen LogP contribution >= 0.6 is 12.4 Å². The first-order valence-corrected chi connectivity index (χ1v) is 9.67. The largest absolute Gasteiger partial charge is 0.342 e. The summed E-state index contributed by atoms with van der Waals surface area (Å²) >= 11 is 0. The Morgan fingerprint density at radius 2 is 1.86 bits per heavy atom. The molecular weight excluding hydrogens is 388 g/mol. The first-order chi connectivity index (χ1) is 13.7. The lowest BCUT2D eigenvalue weighted by Crippen LogP contribution is -2.40. The second kappa shape index (κ2) is 9.67. The van der Waals surface area contributed by atoms with Gasteiger partial charge in [0.05, 0.1) is 12.3 Å². The maximum absolute atomic E-state index is 12.7. The molecule has 1 fully saturated rings. The Labute approximate surface area is 176 Å². The highest BCUT2D eigenvalue weighted by Crippen LogP contribution is 2.28. The summed E-state index contributed by atoms with van der Waals surface area (Å²) in [5.74, 6) is 1.41. The number of halogens is 1. The van der Waals surface area contributed by atoms with Gasteiger partial charge in [0.15, 0.2) is 0 Å². The molecule has 1 aliphatic rings. The number of rotatable bonds is 5. The fourth-order valence-corrected chi connectivity index (χ4v) is 3.60. The lowest BCUT2D eigenvalue weighted by Gasteiger charge is -2.31. The molecule has 0 spiro atoms. The molecule has 1 aromatic heterocycles. The van der Waals surface area contributed by atoms with Gasteiger partial charge < -0.3 is 15.2 Å². The lowest BCUT2D eigenvalue weighted by molar-refractivity contribution is -0.131. The van der Waals surface area contributed by atoms with Crippen molar-refractivity contribution in [2.24, 2.45) is 5.73 Å². The number of nitrogens with two attached hydrogens (primary N) is 1. The van der Waals surface area contributed by atoms with E-state index in [1.807, 2.05) is 59.5 Å². The van der Waals surface area contributed by atoms with Crippen molar-refractivity contribution in [1.29, 1.82) is 0 Å². The van der Waals surface area contributed by atoms with E-state index in [0.717, 1.165) is 36.1 Å². The van der Waals surface area contributed by atoms with Gasteiger partial charge in [-0.1, -0.05) is 59.8 Å². The van der Waals surface area contributed by atoms with Gasteiger partial charge in [-0.15, -0.1) is 12.4 Å². The molecule has 4 rings (SSSR count). The predicted octanol–water partition coefficient (Wildman–Crippen LogP) is 3.57. The van der Waals surface area contributed by atoms with Gasteiger partial charge >= 0.3 is 0 Å². The summed E-state index contributed by atoms with van der Waals surface area (Å²) in [5.41, 5.74) is 8.65. The Kier molecular flexibility index (Phi) is 7.01. The zero-order valence-electron chi connectivity index (χ0n) is 16.2. The van der Waals surface area contributed by atoms with Crippen LogP contribution in [0.3, 0.4) is 0 Å². The van der Waals surface area contributed by atoms with Gasteiger partial charge in [0, 0.05) is 25.2 Å². The summed E-state index contributed by atoms with van der Waals surface area (Å²) in [6, 6.07) is 17.7. The standard InChI is InChI=1S/C22H24N4O2.ClH/c23-14-17-8-10-18(11-9-17)21-24-22(28-25-21)19-7-4-12-26(15-19)20(27)13-16-5-2-1-3-6-16;/h1-3,5-6,8-11,19H,4,7,12-15,23H2;1H. The number of benzene rings is 2. The average Bonchev–Trinajstić information content (AvgIpc) is 3.25. The summed E-state index contributed by atoms with van der Waals surface area (Å²) in [6.07, 6.45) is 2.31. The average molecular weight is 413 g/mol. The minimum absolute atomic E-state index is 0. The third kappa shape index (κ3) is 5.02. The second-order valence-corrected chi connectivity index (χ2v) is 7.20. The van der Waals surface area contributed by atoms with E-state index in [0.29, 0.717) is 31.2 Å². The monoisotopic (exact) mass is 412 g/mol. The molecule has 152 valence electrons. The van der Waals surface area contributed by atoms with E-state index in [9.17, 15) is 4.79 Å². The third-order valence-corrected chi connectivity index (χ3v) is 5.21. The molecule has 1 saturated heterocycles. The molecule has 3 aromatic rings. The molecule has 2 heterocycles. The lowest BCUT2D eigenvalue weighted by atomic mass is 9.97. The van der Waals surface area contributed by atoms with Crippen LogP contribution in [0.15, 0.2) is 59.1 Å². The molecule has 1 aliphatic heterocycles. The Hall–Kier alpha value is -2.70. The molecule has 1 unspecified atom stereocenters. The van der Waals surface area contributed by atoms with Crippen LogP contribution in [0.4, 0.5) is 0 Å². The van der Waals surface area contributed by atoms with E-state index < -0.39 is 0 Å². The van der Waals surface area contributed by atoms with Crippen LogP contribution in [0.2, 0.25) is 0 Å². The second-order valence-electron chi connectivity index (χ2n) is 7.20. The van der Waals surface area contributed by atoms with E-state index in [2.05, 4.69) is 10.1 Å². The van der Waals surface area contributed by atoms with Crippen LogP contribution in [-0.2, 0) is 17.8 Å². The van der Waals surface area contributed by atoms with Crippen molar-refractivity contribution in [2.75, 3.05) is 13.1 Å². The fraction of sp³-hybridized carbons (Fsp3) is 0.318. The molecule has 0 radical (unpaired) electrons. The minimum atomic E-state index is 0. The number of hydrogen-bond donors (Lipinski definition) is 1. The van der Waals surface area contributed by atoms with Gasteiger partial charge in [-0.25, -0.2) is 0 Å². The Bertz CT molecular complexity index is 928. The maximum atomic E-state index is 12.7. The van der Waals surface area contributed by atoms with Crippen molar-refractivity contribution in [1.82, 2.24) is 15.0 Å². The van der Waals surface area contributed by atoms with Gasteiger partial charge in [0.2, 0.25) is 17.6 Å². The Morgan fingerprint density at radius 3 is 2.59 bits per heavy atom. The van der Waals surface area contributed by atoms with Crippen molar-refractivity contribution < 1.29 is 9.32 Å². The molecule has 0 saturated carbocycles. The third-order valence-electron chi connectivity index (χ3n) is 5.21. The fourth-order valence-electron chi connectivity index (χ4n) is 3.60. The maximum Gasteiger partial charge on any atom is 0.231 e. The highest BCUT2D eigenvalue weighted by atomic mass is 35.5. The number of carbonyl (C=O) groups excluding carboxylic acids is 1. The minimum Gasteiger partial charge on any atom is -0.342 e. The molecule has 7 heteroatoms. The van der Waals surface area contributed by atoms with Gasteiger partial charge in [-0.2, -0.15) is 4.98 Å². The number of piperidine rings is 1. The number of carbonyl (C=O) groups is 1. The number of aromatic nitrogens is 2. The zero-order chi connectivity index (χ0) is 19.3. The first-order valence-electron chi connectivity index (χ1n) is 9.67. The Balaban J connectivity index is 0.00000240. The van der Waals surface area contributed by atoms with Crippen LogP contribution in [0, 0.1) is 0 Å². The molecule has 0 aliphatic carbocycles. The molecule has 6 nitrogen and oxygen atoms in total. The highest BCUT2D eigenvalue weighted by molar-refractivity contribution is 5.85. The zero-order valence-corrected chi connectivity index (χ0v) is 17.0. The number of hydrogen-bond acceptors (Lipinski definition) is 5. The molecule has 0 bridgehead atoms. The quantitative estimate of drug-likeness (QED) is 0.692. The Morgan fingerprint density at radius 1 is 1.10 bits per heavy atom. The molecule has 2 aromatic carbocycles. The van der Waals surface area contributed by atoms with Crippen LogP contribution in [-0.4, -0.2) is 34.0 Å². The van der Waals surface area contributed by atoms with E-state index in [1.54, 1.807) is 0 Å². The molecule has 1 amide bonds. The first kappa shape index (κ1) is 21.0. The topological polar surface area (TPSA) is 85.2 Å².